The summed E-state index contributed by atoms with van der Waals surface area (Å²) in [5.41, 5.74) is 0.238. The number of aldehydes is 1. The molecule has 12 heavy (non-hydrogen) atoms. The van der Waals surface area contributed by atoms with Crippen molar-refractivity contribution in [1.29, 1.82) is 0 Å². The molecule has 0 spiro atoms. The number of nitrogens with zero attached hydrogens (tertiary/aromatic N) is 2. The second-order valence-corrected chi connectivity index (χ2v) is 2.20. The van der Waals surface area contributed by atoms with Crippen molar-refractivity contribution in [3.8, 4) is 0 Å². The monoisotopic (exact) mass is 164 g/mol. The highest BCUT2D eigenvalue weighted by atomic mass is 16.1. The molecule has 1 heterocycles. The largest absolute Gasteiger partial charge is 0.296 e. The van der Waals surface area contributed by atoms with Gasteiger partial charge in [-0.3, -0.25) is 9.59 Å². The zero-order chi connectivity index (χ0) is 8.97. The number of hydrogen-bond donors (Lipinski definition) is 0. The fourth-order valence-corrected chi connectivity index (χ4v) is 0.731. The van der Waals surface area contributed by atoms with Gasteiger partial charge in [-0.25, -0.2) is 9.97 Å². The van der Waals surface area contributed by atoms with Crippen molar-refractivity contribution < 1.29 is 9.59 Å². The first-order chi connectivity index (χ1) is 5.77. The molecule has 0 atom stereocenters. The summed E-state index contributed by atoms with van der Waals surface area (Å²) in [6, 6.07) is 1.46. The third-order valence-electron chi connectivity index (χ3n) is 1.37. The van der Waals surface area contributed by atoms with Crippen molar-refractivity contribution in [1.82, 2.24) is 9.97 Å². The molecule has 0 aliphatic carbocycles. The molecule has 4 nitrogen and oxygen atoms in total. The van der Waals surface area contributed by atoms with Crippen LogP contribution in [0.2, 0.25) is 0 Å². The van der Waals surface area contributed by atoms with Gasteiger partial charge in [0, 0.05) is 12.6 Å². The first kappa shape index (κ1) is 8.52. The second-order valence-electron chi connectivity index (χ2n) is 2.20. The third kappa shape index (κ3) is 1.72. The zero-order valence-corrected chi connectivity index (χ0v) is 6.65. The Hall–Kier alpha value is -1.58. The van der Waals surface area contributed by atoms with Crippen molar-refractivity contribution in [3.05, 3.63) is 23.8 Å². The van der Waals surface area contributed by atoms with Crippen LogP contribution in [-0.2, 0) is 0 Å². The maximum absolute atomic E-state index is 11.0. The molecule has 0 N–H and O–H groups in total. The second kappa shape index (κ2) is 3.71. The third-order valence-corrected chi connectivity index (χ3v) is 1.37. The van der Waals surface area contributed by atoms with Crippen molar-refractivity contribution in [2.75, 3.05) is 0 Å². The topological polar surface area (TPSA) is 59.9 Å². The SMILES string of the molecule is CCC(=O)c1nccc(C=O)n1. The molecule has 0 saturated carbocycles. The number of aromatic nitrogens is 2. The summed E-state index contributed by atoms with van der Waals surface area (Å²) in [6.45, 7) is 1.72. The predicted molar refractivity (Wildman–Crippen MR) is 42.0 cm³/mol. The van der Waals surface area contributed by atoms with Crippen LogP contribution in [0.4, 0.5) is 0 Å². The molecule has 1 rings (SSSR count). The highest BCUT2D eigenvalue weighted by Gasteiger charge is 2.05. The van der Waals surface area contributed by atoms with Gasteiger partial charge in [0.1, 0.15) is 5.69 Å². The zero-order valence-electron chi connectivity index (χ0n) is 6.65. The van der Waals surface area contributed by atoms with Gasteiger partial charge >= 0.3 is 0 Å². The lowest BCUT2D eigenvalue weighted by Crippen LogP contribution is -2.05. The van der Waals surface area contributed by atoms with E-state index in [9.17, 15) is 9.59 Å². The molecule has 0 bridgehead atoms. The molecule has 0 aromatic carbocycles. The molecule has 0 radical (unpaired) electrons. The Bertz CT molecular complexity index is 310. The van der Waals surface area contributed by atoms with E-state index in [1.807, 2.05) is 0 Å². The maximum Gasteiger partial charge on any atom is 0.199 e. The molecule has 0 unspecified atom stereocenters. The minimum absolute atomic E-state index is 0.113. The van der Waals surface area contributed by atoms with Crippen molar-refractivity contribution in [3.63, 3.8) is 0 Å². The normalized spacial score (nSPS) is 9.42. The highest BCUT2D eigenvalue weighted by Crippen LogP contribution is 1.96. The fourth-order valence-electron chi connectivity index (χ4n) is 0.731. The van der Waals surface area contributed by atoms with E-state index in [4.69, 9.17) is 0 Å². The molecule has 4 heteroatoms. The molecule has 0 saturated heterocycles. The first-order valence-electron chi connectivity index (χ1n) is 3.59. The summed E-state index contributed by atoms with van der Waals surface area (Å²) in [7, 11) is 0. The fraction of sp³-hybridized carbons (Fsp3) is 0.250. The minimum Gasteiger partial charge on any atom is -0.296 e. The average molecular weight is 164 g/mol. The molecule has 62 valence electrons. The van der Waals surface area contributed by atoms with Crippen LogP contribution in [0.3, 0.4) is 0 Å². The summed E-state index contributed by atoms with van der Waals surface area (Å²) >= 11 is 0. The van der Waals surface area contributed by atoms with Crippen LogP contribution < -0.4 is 0 Å². The standard InChI is InChI=1S/C8H8N2O2/c1-2-7(12)8-9-4-3-6(5-11)10-8/h3-5H,2H2,1H3. The Morgan fingerprint density at radius 2 is 2.42 bits per heavy atom. The minimum atomic E-state index is -0.154. The van der Waals surface area contributed by atoms with Crippen molar-refractivity contribution in [2.24, 2.45) is 0 Å². The van der Waals surface area contributed by atoms with E-state index in [0.717, 1.165) is 0 Å². The summed E-state index contributed by atoms with van der Waals surface area (Å²) in [4.78, 5) is 28.8. The Kier molecular flexibility index (Phi) is 2.63. The van der Waals surface area contributed by atoms with E-state index in [-0.39, 0.29) is 17.3 Å². The van der Waals surface area contributed by atoms with E-state index in [1.165, 1.54) is 12.3 Å². The van der Waals surface area contributed by atoms with Crippen molar-refractivity contribution >= 4 is 12.1 Å². The summed E-state index contributed by atoms with van der Waals surface area (Å²) in [5, 5.41) is 0. The first-order valence-corrected chi connectivity index (χ1v) is 3.59. The molecule has 1 aromatic heterocycles. The Morgan fingerprint density at radius 1 is 1.67 bits per heavy atom. The van der Waals surface area contributed by atoms with Gasteiger partial charge in [-0.1, -0.05) is 6.92 Å². The Labute approximate surface area is 69.7 Å². The van der Waals surface area contributed by atoms with Gasteiger partial charge < -0.3 is 0 Å². The van der Waals surface area contributed by atoms with Gasteiger partial charge in [0.25, 0.3) is 0 Å². The quantitative estimate of drug-likeness (QED) is 0.491. The number of carbonyl (C=O) groups is 2. The van der Waals surface area contributed by atoms with Gasteiger partial charge in [-0.05, 0) is 6.07 Å². The molecule has 1 aromatic rings. The van der Waals surface area contributed by atoms with Crippen molar-refractivity contribution in [2.45, 2.75) is 13.3 Å². The van der Waals surface area contributed by atoms with Crippen LogP contribution in [0.5, 0.6) is 0 Å². The summed E-state index contributed by atoms with van der Waals surface area (Å²) in [6.07, 6.45) is 2.34. The number of carbonyl (C=O) groups excluding carboxylic acids is 2. The van der Waals surface area contributed by atoms with Gasteiger partial charge in [0.15, 0.2) is 17.9 Å². The Morgan fingerprint density at radius 3 is 3.00 bits per heavy atom. The van der Waals surface area contributed by atoms with E-state index in [2.05, 4.69) is 9.97 Å². The smallest absolute Gasteiger partial charge is 0.199 e. The molecule has 0 aliphatic rings. The van der Waals surface area contributed by atoms with Gasteiger partial charge in [0.2, 0.25) is 0 Å². The molecule has 0 amide bonds. The lowest BCUT2D eigenvalue weighted by molar-refractivity contribution is 0.0978. The van der Waals surface area contributed by atoms with Gasteiger partial charge in [-0.2, -0.15) is 0 Å². The molecule has 0 aliphatic heterocycles. The van der Waals surface area contributed by atoms with Crippen LogP contribution in [0, 0.1) is 0 Å². The number of rotatable bonds is 3. The van der Waals surface area contributed by atoms with Crippen LogP contribution >= 0.6 is 0 Å². The maximum atomic E-state index is 11.0. The van der Waals surface area contributed by atoms with E-state index in [0.29, 0.717) is 12.7 Å². The number of ketones is 1. The summed E-state index contributed by atoms with van der Waals surface area (Å²) in [5.74, 6) is -0.0409. The van der Waals surface area contributed by atoms with E-state index in [1.54, 1.807) is 6.92 Å². The lowest BCUT2D eigenvalue weighted by atomic mass is 10.3. The van der Waals surface area contributed by atoms with E-state index < -0.39 is 0 Å². The van der Waals surface area contributed by atoms with E-state index >= 15 is 0 Å². The lowest BCUT2D eigenvalue weighted by Gasteiger charge is -1.94. The predicted octanol–water partition coefficient (Wildman–Crippen LogP) is 0.882. The van der Waals surface area contributed by atoms with Crippen LogP contribution in [0.25, 0.3) is 0 Å². The van der Waals surface area contributed by atoms with Crippen LogP contribution in [0.15, 0.2) is 12.3 Å². The van der Waals surface area contributed by atoms with Gasteiger partial charge in [-0.15, -0.1) is 0 Å². The molecular formula is C8H8N2O2. The van der Waals surface area contributed by atoms with Gasteiger partial charge in [0.05, 0.1) is 0 Å². The number of hydrogen-bond acceptors (Lipinski definition) is 4. The Balaban J connectivity index is 3.01. The van der Waals surface area contributed by atoms with Crippen LogP contribution in [0.1, 0.15) is 34.5 Å². The number of Topliss-reactive ketones (excluding diaryl/α,β-unsaturated/α-hetero) is 1. The average Bonchev–Trinajstić information content (AvgIpc) is 2.17. The molecule has 0 fully saturated rings. The van der Waals surface area contributed by atoms with Crippen LogP contribution in [-0.4, -0.2) is 22.0 Å². The molecular weight excluding hydrogens is 156 g/mol. The summed E-state index contributed by atoms with van der Waals surface area (Å²) < 4.78 is 0. The highest BCUT2D eigenvalue weighted by molar-refractivity contribution is 5.92.